The van der Waals surface area contributed by atoms with E-state index < -0.39 is 18.4 Å². The Labute approximate surface area is 184 Å². The Morgan fingerprint density at radius 3 is 1.81 bits per heavy atom. The van der Waals surface area contributed by atoms with E-state index in [0.29, 0.717) is 5.75 Å². The smallest absolute Gasteiger partial charge is 0.420 e. The van der Waals surface area contributed by atoms with Crippen molar-refractivity contribution in [2.75, 3.05) is 13.2 Å². The van der Waals surface area contributed by atoms with Crippen molar-refractivity contribution < 1.29 is 22.6 Å². The summed E-state index contributed by atoms with van der Waals surface area (Å²) in [7, 11) is -0.330. The van der Waals surface area contributed by atoms with Gasteiger partial charge in [0, 0.05) is 6.61 Å². The van der Waals surface area contributed by atoms with E-state index in [2.05, 4.69) is 36.4 Å². The molecule has 3 aromatic rings. The fourth-order valence-electron chi connectivity index (χ4n) is 3.06. The summed E-state index contributed by atoms with van der Waals surface area (Å²) in [6.45, 7) is 3.94. The van der Waals surface area contributed by atoms with Crippen molar-refractivity contribution in [3.05, 3.63) is 84.4 Å². The lowest BCUT2D eigenvalue weighted by Crippen LogP contribution is -2.49. The summed E-state index contributed by atoms with van der Waals surface area (Å²) in [6.07, 6.45) is -4.52. The maximum atomic E-state index is 13.4. The lowest BCUT2D eigenvalue weighted by atomic mass is 10.1. The lowest BCUT2D eigenvalue weighted by molar-refractivity contribution is -0.277. The normalized spacial score (nSPS) is 14.6. The van der Waals surface area contributed by atoms with Gasteiger partial charge in [-0.05, 0) is 69.3 Å². The number of rotatable bonds is 8. The maximum Gasteiger partial charge on any atom is 0.420 e. The number of hydrogen-bond acceptors (Lipinski definition) is 2. The van der Waals surface area contributed by atoms with E-state index in [9.17, 15) is 13.2 Å². The minimum Gasteiger partial charge on any atom is -0.490 e. The first-order valence-electron chi connectivity index (χ1n) is 10.0. The van der Waals surface area contributed by atoms with Gasteiger partial charge in [-0.25, -0.2) is 0 Å². The van der Waals surface area contributed by atoms with Crippen LogP contribution in [0.15, 0.2) is 93.5 Å². The second-order valence-electron chi connectivity index (χ2n) is 7.35. The molecule has 0 fully saturated rings. The van der Waals surface area contributed by atoms with Gasteiger partial charge in [-0.3, -0.25) is 0 Å². The molecule has 164 valence electrons. The molecule has 0 saturated heterocycles. The molecule has 0 saturated carbocycles. The molecule has 0 radical (unpaired) electrons. The molecule has 2 unspecified atom stereocenters. The standard InChI is InChI=1S/C25H26F3O2S/c1-4-30-24(3,25(26,27)28)18-29-20-12-16-23(17-13-20)31(21-8-6-5-7-9-21)22-14-10-19(2)11-15-22/h5-17H,4,18H2,1-3H3/q+1. The average molecular weight is 448 g/mol. The van der Waals surface area contributed by atoms with Gasteiger partial charge in [0.15, 0.2) is 20.3 Å². The van der Waals surface area contributed by atoms with Crippen LogP contribution in [0.4, 0.5) is 13.2 Å². The number of hydrogen-bond donors (Lipinski definition) is 0. The highest BCUT2D eigenvalue weighted by Gasteiger charge is 2.53. The van der Waals surface area contributed by atoms with E-state index in [1.165, 1.54) is 22.3 Å². The Bertz CT molecular complexity index is 957. The van der Waals surface area contributed by atoms with Crippen molar-refractivity contribution in [3.63, 3.8) is 0 Å². The molecule has 3 aromatic carbocycles. The van der Waals surface area contributed by atoms with Crippen LogP contribution in [0, 0.1) is 6.92 Å². The van der Waals surface area contributed by atoms with Gasteiger partial charge in [-0.15, -0.1) is 0 Å². The first kappa shape index (κ1) is 23.2. The lowest BCUT2D eigenvalue weighted by Gasteiger charge is -2.31. The van der Waals surface area contributed by atoms with Crippen molar-refractivity contribution in [2.24, 2.45) is 0 Å². The van der Waals surface area contributed by atoms with Crippen molar-refractivity contribution >= 4 is 10.9 Å². The maximum absolute atomic E-state index is 13.4. The Morgan fingerprint density at radius 1 is 0.774 bits per heavy atom. The van der Waals surface area contributed by atoms with E-state index in [0.717, 1.165) is 11.8 Å². The summed E-state index contributed by atoms with van der Waals surface area (Å²) in [5.41, 5.74) is -1.16. The first-order valence-corrected chi connectivity index (χ1v) is 11.3. The molecule has 0 bridgehead atoms. The molecular weight excluding hydrogens is 421 g/mol. The Balaban J connectivity index is 1.84. The molecule has 31 heavy (non-hydrogen) atoms. The van der Waals surface area contributed by atoms with Gasteiger partial charge in [0.1, 0.15) is 12.4 Å². The number of halogens is 3. The van der Waals surface area contributed by atoms with Crippen LogP contribution in [-0.4, -0.2) is 25.0 Å². The van der Waals surface area contributed by atoms with E-state index in [1.54, 1.807) is 12.1 Å². The number of aryl methyl sites for hydroxylation is 1. The second-order valence-corrected chi connectivity index (χ2v) is 9.38. The zero-order chi connectivity index (χ0) is 22.5. The van der Waals surface area contributed by atoms with Crippen LogP contribution < -0.4 is 4.74 Å². The molecule has 0 aliphatic rings. The fraction of sp³-hybridized carbons (Fsp3) is 0.280. The number of ether oxygens (including phenoxy) is 2. The molecule has 0 aromatic heterocycles. The minimum absolute atomic E-state index is 0.0469. The topological polar surface area (TPSA) is 18.5 Å². The third-order valence-corrected chi connectivity index (χ3v) is 7.10. The molecule has 2 nitrogen and oxygen atoms in total. The Hall–Kier alpha value is -2.44. The largest absolute Gasteiger partial charge is 0.490 e. The SMILES string of the molecule is CCOC(C)(COc1ccc([S+](c2ccccc2)c2ccc(C)cc2)cc1)C(F)(F)F. The molecule has 0 aliphatic carbocycles. The molecule has 6 heteroatoms. The monoisotopic (exact) mass is 447 g/mol. The summed E-state index contributed by atoms with van der Waals surface area (Å²) in [5.74, 6) is 0.374. The molecular formula is C25H26F3O2S+. The fourth-order valence-corrected chi connectivity index (χ4v) is 5.12. The van der Waals surface area contributed by atoms with Crippen LogP contribution in [-0.2, 0) is 15.6 Å². The van der Waals surface area contributed by atoms with E-state index in [-0.39, 0.29) is 17.5 Å². The van der Waals surface area contributed by atoms with Crippen molar-refractivity contribution in [3.8, 4) is 5.75 Å². The molecule has 0 N–H and O–H groups in total. The zero-order valence-corrected chi connectivity index (χ0v) is 18.6. The van der Waals surface area contributed by atoms with Crippen LogP contribution >= 0.6 is 0 Å². The van der Waals surface area contributed by atoms with Gasteiger partial charge in [0.25, 0.3) is 0 Å². The van der Waals surface area contributed by atoms with Crippen LogP contribution in [0.1, 0.15) is 19.4 Å². The van der Waals surface area contributed by atoms with E-state index >= 15 is 0 Å². The molecule has 3 rings (SSSR count). The van der Waals surface area contributed by atoms with Crippen LogP contribution in [0.2, 0.25) is 0 Å². The summed E-state index contributed by atoms with van der Waals surface area (Å²) in [6, 6.07) is 25.8. The van der Waals surface area contributed by atoms with Crippen molar-refractivity contribution in [1.82, 2.24) is 0 Å². The van der Waals surface area contributed by atoms with Gasteiger partial charge in [0.2, 0.25) is 0 Å². The summed E-state index contributed by atoms with van der Waals surface area (Å²) < 4.78 is 50.5. The van der Waals surface area contributed by atoms with Crippen molar-refractivity contribution in [2.45, 2.75) is 47.2 Å². The number of alkyl halides is 3. The van der Waals surface area contributed by atoms with Crippen molar-refractivity contribution in [1.29, 1.82) is 0 Å². The summed E-state index contributed by atoms with van der Waals surface area (Å²) in [4.78, 5) is 3.40. The quantitative estimate of drug-likeness (QED) is 0.353. The highest BCUT2D eigenvalue weighted by Crippen LogP contribution is 2.35. The van der Waals surface area contributed by atoms with Gasteiger partial charge in [0.05, 0.1) is 10.9 Å². The Kier molecular flexibility index (Phi) is 7.34. The third-order valence-electron chi connectivity index (χ3n) is 4.87. The highest BCUT2D eigenvalue weighted by atomic mass is 32.2. The third kappa shape index (κ3) is 5.63. The van der Waals surface area contributed by atoms with Gasteiger partial charge >= 0.3 is 6.18 Å². The summed E-state index contributed by atoms with van der Waals surface area (Å²) in [5, 5.41) is 0. The van der Waals surface area contributed by atoms with Crippen LogP contribution in [0.3, 0.4) is 0 Å². The first-order chi connectivity index (χ1) is 14.7. The predicted molar refractivity (Wildman–Crippen MR) is 118 cm³/mol. The zero-order valence-electron chi connectivity index (χ0n) is 17.8. The molecule has 0 spiro atoms. The molecule has 2 atom stereocenters. The Morgan fingerprint density at radius 2 is 1.29 bits per heavy atom. The van der Waals surface area contributed by atoms with Crippen LogP contribution in [0.5, 0.6) is 5.75 Å². The molecule has 0 aliphatic heterocycles. The second kappa shape index (κ2) is 9.79. The molecule has 0 amide bonds. The van der Waals surface area contributed by atoms with Gasteiger partial charge in [-0.1, -0.05) is 35.9 Å². The summed E-state index contributed by atoms with van der Waals surface area (Å²) >= 11 is 0. The predicted octanol–water partition coefficient (Wildman–Crippen LogP) is 6.83. The average Bonchev–Trinajstić information content (AvgIpc) is 2.75. The number of benzene rings is 3. The van der Waals surface area contributed by atoms with E-state index in [4.69, 9.17) is 9.47 Å². The minimum atomic E-state index is -4.52. The van der Waals surface area contributed by atoms with Crippen LogP contribution in [0.25, 0.3) is 0 Å². The highest BCUT2D eigenvalue weighted by molar-refractivity contribution is 7.97. The molecule has 0 heterocycles. The van der Waals surface area contributed by atoms with Gasteiger partial charge in [-0.2, -0.15) is 13.2 Å². The van der Waals surface area contributed by atoms with E-state index in [1.807, 2.05) is 37.3 Å². The van der Waals surface area contributed by atoms with Gasteiger partial charge < -0.3 is 9.47 Å².